The van der Waals surface area contributed by atoms with Gasteiger partial charge >= 0.3 is 0 Å². The number of anilines is 1. The van der Waals surface area contributed by atoms with Crippen LogP contribution in [0.5, 0.6) is 5.75 Å². The minimum atomic E-state index is -0.159. The van der Waals surface area contributed by atoms with Crippen molar-refractivity contribution in [2.45, 2.75) is 6.42 Å². The topological polar surface area (TPSA) is 38.3 Å². The van der Waals surface area contributed by atoms with Crippen LogP contribution in [0, 0.1) is 0 Å². The van der Waals surface area contributed by atoms with Gasteiger partial charge in [0.15, 0.2) is 0 Å². The van der Waals surface area contributed by atoms with E-state index in [9.17, 15) is 4.79 Å². The fourth-order valence-electron chi connectivity index (χ4n) is 1.83. The number of amides is 1. The molecule has 5 heteroatoms. The van der Waals surface area contributed by atoms with E-state index in [0.29, 0.717) is 21.5 Å². The molecule has 0 aliphatic heterocycles. The summed E-state index contributed by atoms with van der Waals surface area (Å²) in [7, 11) is 1.56. The van der Waals surface area contributed by atoms with Crippen LogP contribution in [0.25, 0.3) is 0 Å². The van der Waals surface area contributed by atoms with Crippen molar-refractivity contribution in [1.29, 1.82) is 0 Å². The molecule has 0 bridgehead atoms. The summed E-state index contributed by atoms with van der Waals surface area (Å²) in [4.78, 5) is 12.0. The summed E-state index contributed by atoms with van der Waals surface area (Å²) < 4.78 is 5.21. The van der Waals surface area contributed by atoms with E-state index in [1.54, 1.807) is 49.6 Å². The molecule has 1 N–H and O–H groups in total. The number of methoxy groups -OCH3 is 1. The smallest absolute Gasteiger partial charge is 0.228 e. The number of hydrogen-bond acceptors (Lipinski definition) is 2. The number of benzene rings is 2. The lowest BCUT2D eigenvalue weighted by molar-refractivity contribution is -0.115. The van der Waals surface area contributed by atoms with Crippen LogP contribution in [0.15, 0.2) is 42.5 Å². The molecule has 0 heterocycles. The van der Waals surface area contributed by atoms with Crippen LogP contribution in [0.2, 0.25) is 10.0 Å². The predicted octanol–water partition coefficient (Wildman–Crippen LogP) is 4.18. The SMILES string of the molecule is COc1ccc(Cl)cc1CC(=O)Nc1cccc(Cl)c1. The number of nitrogens with one attached hydrogen (secondary N) is 1. The van der Waals surface area contributed by atoms with E-state index >= 15 is 0 Å². The van der Waals surface area contributed by atoms with Crippen LogP contribution in [-0.2, 0) is 11.2 Å². The van der Waals surface area contributed by atoms with Gasteiger partial charge in [0.2, 0.25) is 5.91 Å². The van der Waals surface area contributed by atoms with E-state index in [-0.39, 0.29) is 12.3 Å². The Morgan fingerprint density at radius 1 is 1.15 bits per heavy atom. The predicted molar refractivity (Wildman–Crippen MR) is 81.8 cm³/mol. The molecule has 20 heavy (non-hydrogen) atoms. The first kappa shape index (κ1) is 14.7. The number of carbonyl (C=O) groups excluding carboxylic acids is 1. The van der Waals surface area contributed by atoms with E-state index in [2.05, 4.69) is 5.32 Å². The van der Waals surface area contributed by atoms with Crippen molar-refractivity contribution < 1.29 is 9.53 Å². The first-order valence-electron chi connectivity index (χ1n) is 5.96. The Bertz CT molecular complexity index is 629. The number of ether oxygens (including phenoxy) is 1. The standard InChI is InChI=1S/C15H13Cl2NO2/c1-20-14-6-5-12(17)7-10(14)8-15(19)18-13-4-2-3-11(16)9-13/h2-7,9H,8H2,1H3,(H,18,19). The summed E-state index contributed by atoms with van der Waals surface area (Å²) in [6.07, 6.45) is 0.177. The largest absolute Gasteiger partial charge is 0.496 e. The first-order chi connectivity index (χ1) is 9.58. The molecule has 2 aromatic carbocycles. The van der Waals surface area contributed by atoms with Crippen molar-refractivity contribution >= 4 is 34.8 Å². The molecule has 0 aromatic heterocycles. The van der Waals surface area contributed by atoms with Gasteiger partial charge in [-0.1, -0.05) is 29.3 Å². The van der Waals surface area contributed by atoms with Gasteiger partial charge in [0, 0.05) is 21.3 Å². The quantitative estimate of drug-likeness (QED) is 0.920. The third kappa shape index (κ3) is 3.89. The maximum atomic E-state index is 12.0. The van der Waals surface area contributed by atoms with E-state index in [1.165, 1.54) is 0 Å². The van der Waals surface area contributed by atoms with Crippen molar-refractivity contribution in [1.82, 2.24) is 0 Å². The van der Waals surface area contributed by atoms with Gasteiger partial charge in [0.05, 0.1) is 13.5 Å². The van der Waals surface area contributed by atoms with Gasteiger partial charge in [-0.25, -0.2) is 0 Å². The molecule has 2 aromatic rings. The highest BCUT2D eigenvalue weighted by atomic mass is 35.5. The molecule has 1 amide bonds. The average molecular weight is 310 g/mol. The molecule has 2 rings (SSSR count). The molecular formula is C15H13Cl2NO2. The minimum Gasteiger partial charge on any atom is -0.496 e. The average Bonchev–Trinajstić information content (AvgIpc) is 2.38. The molecule has 0 aliphatic carbocycles. The van der Waals surface area contributed by atoms with Gasteiger partial charge < -0.3 is 10.1 Å². The Hall–Kier alpha value is -1.71. The van der Waals surface area contributed by atoms with Gasteiger partial charge in [-0.05, 0) is 36.4 Å². The fraction of sp³-hybridized carbons (Fsp3) is 0.133. The second-order valence-electron chi connectivity index (χ2n) is 4.19. The van der Waals surface area contributed by atoms with Crippen LogP contribution >= 0.6 is 23.2 Å². The van der Waals surface area contributed by atoms with Gasteiger partial charge in [-0.2, -0.15) is 0 Å². The van der Waals surface area contributed by atoms with E-state index in [4.69, 9.17) is 27.9 Å². The molecule has 104 valence electrons. The Morgan fingerprint density at radius 2 is 1.90 bits per heavy atom. The second-order valence-corrected chi connectivity index (χ2v) is 5.06. The van der Waals surface area contributed by atoms with E-state index < -0.39 is 0 Å². The van der Waals surface area contributed by atoms with Gasteiger partial charge in [-0.15, -0.1) is 0 Å². The van der Waals surface area contributed by atoms with Crippen LogP contribution in [-0.4, -0.2) is 13.0 Å². The summed E-state index contributed by atoms with van der Waals surface area (Å²) in [5.74, 6) is 0.475. The number of halogens is 2. The zero-order valence-electron chi connectivity index (χ0n) is 10.8. The van der Waals surface area contributed by atoms with Crippen LogP contribution in [0.4, 0.5) is 5.69 Å². The number of hydrogen-bond donors (Lipinski definition) is 1. The zero-order valence-corrected chi connectivity index (χ0v) is 12.3. The number of rotatable bonds is 4. The zero-order chi connectivity index (χ0) is 14.5. The molecule has 0 aliphatic rings. The highest BCUT2D eigenvalue weighted by molar-refractivity contribution is 6.31. The Labute approximate surface area is 127 Å². The lowest BCUT2D eigenvalue weighted by atomic mass is 10.1. The molecule has 0 saturated carbocycles. The highest BCUT2D eigenvalue weighted by Gasteiger charge is 2.10. The first-order valence-corrected chi connectivity index (χ1v) is 6.72. The summed E-state index contributed by atoms with van der Waals surface area (Å²) >= 11 is 11.8. The Balaban J connectivity index is 2.10. The normalized spacial score (nSPS) is 10.2. The molecule has 0 fully saturated rings. The van der Waals surface area contributed by atoms with Gasteiger partial charge in [0.25, 0.3) is 0 Å². The van der Waals surface area contributed by atoms with Crippen molar-refractivity contribution in [3.8, 4) is 5.75 Å². The van der Waals surface area contributed by atoms with Crippen molar-refractivity contribution in [3.63, 3.8) is 0 Å². The lowest BCUT2D eigenvalue weighted by Gasteiger charge is -2.09. The number of carbonyl (C=O) groups is 1. The monoisotopic (exact) mass is 309 g/mol. The summed E-state index contributed by atoms with van der Waals surface area (Å²) in [6.45, 7) is 0. The maximum absolute atomic E-state index is 12.0. The molecule has 3 nitrogen and oxygen atoms in total. The highest BCUT2D eigenvalue weighted by Crippen LogP contribution is 2.23. The van der Waals surface area contributed by atoms with Crippen molar-refractivity contribution in [2.75, 3.05) is 12.4 Å². The van der Waals surface area contributed by atoms with E-state index in [1.807, 2.05) is 0 Å². The lowest BCUT2D eigenvalue weighted by Crippen LogP contribution is -2.14. The third-order valence-electron chi connectivity index (χ3n) is 2.70. The van der Waals surface area contributed by atoms with Crippen LogP contribution in [0.1, 0.15) is 5.56 Å². The van der Waals surface area contributed by atoms with Crippen molar-refractivity contribution in [2.24, 2.45) is 0 Å². The second kappa shape index (κ2) is 6.64. The molecule has 0 atom stereocenters. The minimum absolute atomic E-state index is 0.159. The molecule has 0 unspecified atom stereocenters. The molecule has 0 saturated heterocycles. The molecular weight excluding hydrogens is 297 g/mol. The Kier molecular flexibility index (Phi) is 4.88. The van der Waals surface area contributed by atoms with Crippen LogP contribution < -0.4 is 10.1 Å². The molecule has 0 spiro atoms. The summed E-state index contributed by atoms with van der Waals surface area (Å²) in [6, 6.07) is 12.2. The maximum Gasteiger partial charge on any atom is 0.228 e. The summed E-state index contributed by atoms with van der Waals surface area (Å²) in [5, 5.41) is 3.92. The van der Waals surface area contributed by atoms with Crippen molar-refractivity contribution in [3.05, 3.63) is 58.1 Å². The van der Waals surface area contributed by atoms with E-state index in [0.717, 1.165) is 5.56 Å². The molecule has 0 radical (unpaired) electrons. The fourth-order valence-corrected chi connectivity index (χ4v) is 2.21. The Morgan fingerprint density at radius 3 is 2.60 bits per heavy atom. The summed E-state index contributed by atoms with van der Waals surface area (Å²) in [5.41, 5.74) is 1.39. The van der Waals surface area contributed by atoms with Gasteiger partial charge in [0.1, 0.15) is 5.75 Å². The van der Waals surface area contributed by atoms with Gasteiger partial charge in [-0.3, -0.25) is 4.79 Å². The third-order valence-corrected chi connectivity index (χ3v) is 3.17. The van der Waals surface area contributed by atoms with Crippen LogP contribution in [0.3, 0.4) is 0 Å².